The number of rotatable bonds is 9. The predicted octanol–water partition coefficient (Wildman–Crippen LogP) is 2.51. The van der Waals surface area contributed by atoms with Gasteiger partial charge in [0.1, 0.15) is 11.6 Å². The summed E-state index contributed by atoms with van der Waals surface area (Å²) in [6.07, 6.45) is 5.16. The maximum atomic E-state index is 13.2. The number of hydrogen-bond acceptors (Lipinski definition) is 8. The van der Waals surface area contributed by atoms with Gasteiger partial charge in [0.15, 0.2) is 5.60 Å². The van der Waals surface area contributed by atoms with Crippen molar-refractivity contribution in [3.8, 4) is 0 Å². The predicted molar refractivity (Wildman–Crippen MR) is 135 cm³/mol. The Bertz CT molecular complexity index is 1140. The molecule has 2 aromatic rings. The van der Waals surface area contributed by atoms with Crippen molar-refractivity contribution in [1.29, 1.82) is 0 Å². The summed E-state index contributed by atoms with van der Waals surface area (Å²) in [5, 5.41) is 45.0. The van der Waals surface area contributed by atoms with Crippen molar-refractivity contribution in [2.24, 2.45) is 0 Å². The third-order valence-corrected chi connectivity index (χ3v) is 7.19. The van der Waals surface area contributed by atoms with Crippen LogP contribution in [-0.2, 0) is 26.5 Å². The zero-order valence-corrected chi connectivity index (χ0v) is 21.8. The van der Waals surface area contributed by atoms with Crippen LogP contribution in [0, 0.1) is 5.82 Å². The summed E-state index contributed by atoms with van der Waals surface area (Å²) in [5.41, 5.74) is -1.63. The van der Waals surface area contributed by atoms with E-state index in [1.165, 1.54) is 12.1 Å². The summed E-state index contributed by atoms with van der Waals surface area (Å²) < 4.78 is 13.2. The second kappa shape index (κ2) is 12.1. The van der Waals surface area contributed by atoms with E-state index in [9.17, 15) is 23.9 Å². The number of aliphatic hydroxyl groups is 2. The molecule has 0 saturated carbocycles. The van der Waals surface area contributed by atoms with Crippen LogP contribution in [-0.4, -0.2) is 76.0 Å². The van der Waals surface area contributed by atoms with E-state index in [0.717, 1.165) is 36.3 Å². The van der Waals surface area contributed by atoms with Crippen molar-refractivity contribution in [2.75, 3.05) is 0 Å². The van der Waals surface area contributed by atoms with Gasteiger partial charge in [-0.05, 0) is 43.4 Å². The summed E-state index contributed by atoms with van der Waals surface area (Å²) in [7, 11) is 0. The molecule has 0 radical (unpaired) electrons. The van der Waals surface area contributed by atoms with Crippen LogP contribution in [0.1, 0.15) is 75.2 Å². The molecule has 212 valence electrons. The molecule has 0 spiro atoms. The van der Waals surface area contributed by atoms with Gasteiger partial charge in [0.25, 0.3) is 0 Å². The maximum Gasteiger partial charge on any atom is 0.336 e. The Balaban J connectivity index is 0.000000276. The molecule has 2 bridgehead atoms. The highest BCUT2D eigenvalue weighted by atomic mass is 19.1. The molecule has 11 nitrogen and oxygen atoms in total. The standard InChI is InChI=1S/C21H26FN3O.C6H8O7/c1-14(2)20-23-11-15(12-24-20)13-25-18-7-8-19(25)10-21(26,9-18)16-3-5-17(22)6-4-16;7-3(8)1-6(13,5(11)12)2-4(9)10/h3-6,11-12,14,18-19,26H,7-10,13H2,1-2H3;13H,1-2H2,(H,7,8)(H,9,10)(H,11,12). The monoisotopic (exact) mass is 547 g/mol. The number of nitrogens with zero attached hydrogens (tertiary/aromatic N) is 3. The molecule has 2 atom stereocenters. The Morgan fingerprint density at radius 2 is 1.49 bits per heavy atom. The largest absolute Gasteiger partial charge is 0.481 e. The number of carboxylic acids is 3. The summed E-state index contributed by atoms with van der Waals surface area (Å²) in [5.74, 6) is -4.07. The number of benzene rings is 1. The molecule has 0 aliphatic carbocycles. The van der Waals surface area contributed by atoms with Crippen LogP contribution in [0.4, 0.5) is 4.39 Å². The van der Waals surface area contributed by atoms with Crippen LogP contribution in [0.25, 0.3) is 0 Å². The van der Waals surface area contributed by atoms with Crippen LogP contribution in [0.5, 0.6) is 0 Å². The Labute approximate surface area is 225 Å². The van der Waals surface area contributed by atoms with Crippen LogP contribution < -0.4 is 0 Å². The molecule has 4 rings (SSSR count). The van der Waals surface area contributed by atoms with E-state index in [-0.39, 0.29) is 5.82 Å². The van der Waals surface area contributed by atoms with Crippen LogP contribution in [0.2, 0.25) is 0 Å². The van der Waals surface area contributed by atoms with E-state index in [1.807, 2.05) is 12.4 Å². The zero-order chi connectivity index (χ0) is 29.0. The highest BCUT2D eigenvalue weighted by Gasteiger charge is 2.48. The summed E-state index contributed by atoms with van der Waals surface area (Å²) in [4.78, 5) is 41.9. The highest BCUT2D eigenvalue weighted by Crippen LogP contribution is 2.46. The summed E-state index contributed by atoms with van der Waals surface area (Å²) in [6, 6.07) is 7.01. The number of halogens is 1. The van der Waals surface area contributed by atoms with Gasteiger partial charge in [0.05, 0.1) is 18.4 Å². The van der Waals surface area contributed by atoms with Crippen LogP contribution >= 0.6 is 0 Å². The zero-order valence-electron chi connectivity index (χ0n) is 21.8. The minimum Gasteiger partial charge on any atom is -0.481 e. The molecule has 5 N–H and O–H groups in total. The smallest absolute Gasteiger partial charge is 0.336 e. The molecule has 39 heavy (non-hydrogen) atoms. The summed E-state index contributed by atoms with van der Waals surface area (Å²) >= 11 is 0. The third-order valence-electron chi connectivity index (χ3n) is 7.19. The fourth-order valence-electron chi connectivity index (χ4n) is 5.24. The fourth-order valence-corrected chi connectivity index (χ4v) is 5.24. The second-order valence-electron chi connectivity index (χ2n) is 10.6. The van der Waals surface area contributed by atoms with Crippen molar-refractivity contribution in [1.82, 2.24) is 14.9 Å². The first kappa shape index (κ1) is 30.1. The van der Waals surface area contributed by atoms with Crippen molar-refractivity contribution >= 4 is 17.9 Å². The number of fused-ring (bicyclic) bond motifs is 2. The van der Waals surface area contributed by atoms with E-state index >= 15 is 0 Å². The topological polar surface area (TPSA) is 181 Å². The van der Waals surface area contributed by atoms with E-state index < -0.39 is 42.0 Å². The lowest BCUT2D eigenvalue weighted by molar-refractivity contribution is -0.170. The fraction of sp³-hybridized carbons (Fsp3) is 0.519. The number of piperidine rings is 1. The Morgan fingerprint density at radius 3 is 1.90 bits per heavy atom. The van der Waals surface area contributed by atoms with Gasteiger partial charge in [-0.1, -0.05) is 26.0 Å². The third kappa shape index (κ3) is 7.55. The molecule has 1 aromatic heterocycles. The average Bonchev–Trinajstić information content (AvgIpc) is 3.08. The van der Waals surface area contributed by atoms with E-state index in [1.54, 1.807) is 12.1 Å². The second-order valence-corrected chi connectivity index (χ2v) is 10.6. The molecule has 2 saturated heterocycles. The molecule has 2 aliphatic heterocycles. The first-order chi connectivity index (χ1) is 18.2. The summed E-state index contributed by atoms with van der Waals surface area (Å²) in [6.45, 7) is 5.01. The lowest BCUT2D eigenvalue weighted by Gasteiger charge is -2.44. The minimum atomic E-state index is -2.74. The van der Waals surface area contributed by atoms with E-state index in [0.29, 0.717) is 30.8 Å². The van der Waals surface area contributed by atoms with Gasteiger partial charge >= 0.3 is 17.9 Å². The molecular weight excluding hydrogens is 513 g/mol. The van der Waals surface area contributed by atoms with Gasteiger partial charge in [0.2, 0.25) is 0 Å². The van der Waals surface area contributed by atoms with Crippen LogP contribution in [0.15, 0.2) is 36.7 Å². The van der Waals surface area contributed by atoms with Gasteiger partial charge in [-0.2, -0.15) is 0 Å². The van der Waals surface area contributed by atoms with Gasteiger partial charge < -0.3 is 25.5 Å². The molecule has 1 aromatic carbocycles. The SMILES string of the molecule is CC(C)c1ncc(CN2C3CCC2CC(O)(c2ccc(F)cc2)C3)cn1.O=C(O)CC(O)(CC(=O)O)C(=O)O. The van der Waals surface area contributed by atoms with Gasteiger partial charge in [-0.3, -0.25) is 14.5 Å². The van der Waals surface area contributed by atoms with Crippen molar-refractivity contribution in [3.63, 3.8) is 0 Å². The molecular formula is C27H34FN3O8. The molecule has 2 unspecified atom stereocenters. The quantitative estimate of drug-likeness (QED) is 0.311. The first-order valence-electron chi connectivity index (χ1n) is 12.7. The molecule has 12 heteroatoms. The molecule has 3 heterocycles. The number of hydrogen-bond donors (Lipinski definition) is 5. The van der Waals surface area contributed by atoms with E-state index in [4.69, 9.17) is 20.4 Å². The number of carboxylic acid groups (broad SMARTS) is 3. The van der Waals surface area contributed by atoms with Crippen LogP contribution in [0.3, 0.4) is 0 Å². The van der Waals surface area contributed by atoms with Gasteiger partial charge in [-0.25, -0.2) is 19.2 Å². The lowest BCUT2D eigenvalue weighted by Crippen LogP contribution is -2.49. The number of aromatic nitrogens is 2. The number of carbonyl (C=O) groups is 3. The first-order valence-corrected chi connectivity index (χ1v) is 12.7. The average molecular weight is 548 g/mol. The lowest BCUT2D eigenvalue weighted by atomic mass is 9.80. The van der Waals surface area contributed by atoms with Gasteiger partial charge in [-0.15, -0.1) is 0 Å². The van der Waals surface area contributed by atoms with Crippen molar-refractivity contribution < 1.29 is 44.3 Å². The maximum absolute atomic E-state index is 13.2. The van der Waals surface area contributed by atoms with Crippen molar-refractivity contribution in [2.45, 2.75) is 88.1 Å². The molecule has 2 fully saturated rings. The number of aliphatic carboxylic acids is 3. The minimum absolute atomic E-state index is 0.261. The Hall–Kier alpha value is -3.48. The molecule has 0 amide bonds. The van der Waals surface area contributed by atoms with Crippen molar-refractivity contribution in [3.05, 3.63) is 59.4 Å². The normalized spacial score (nSPS) is 22.7. The Kier molecular flexibility index (Phi) is 9.36. The van der Waals surface area contributed by atoms with Gasteiger partial charge in [0, 0.05) is 42.5 Å². The molecule has 2 aliphatic rings. The highest BCUT2D eigenvalue weighted by molar-refractivity contribution is 5.88. The Morgan fingerprint density at radius 1 is 1.00 bits per heavy atom. The van der Waals surface area contributed by atoms with E-state index in [2.05, 4.69) is 28.7 Å².